The minimum atomic E-state index is -3.56. The van der Waals surface area contributed by atoms with Gasteiger partial charge in [0.2, 0.25) is 10.0 Å². The molecule has 10 heavy (non-hydrogen) atoms. The first kappa shape index (κ1) is 9.87. The molecular weight excluding hydrogens is 154 g/mol. The van der Waals surface area contributed by atoms with Crippen molar-refractivity contribution in [3.63, 3.8) is 0 Å². The summed E-state index contributed by atoms with van der Waals surface area (Å²) < 4.78 is 21.1. The number of rotatable bonds is 3. The average molecular weight is 167 g/mol. The van der Waals surface area contributed by atoms with E-state index in [0.717, 1.165) is 0 Å². The fourth-order valence-corrected chi connectivity index (χ4v) is 1.18. The number of primary sulfonamides is 1. The highest BCUT2D eigenvalue weighted by atomic mass is 32.2. The number of nitrogens with two attached hydrogens (primary N) is 1. The zero-order valence-corrected chi connectivity index (χ0v) is 6.93. The van der Waals surface area contributed by atoms with Gasteiger partial charge < -0.3 is 5.11 Å². The van der Waals surface area contributed by atoms with E-state index < -0.39 is 21.4 Å². The Bertz CT molecular complexity index is 187. The van der Waals surface area contributed by atoms with Crippen LogP contribution in [0.15, 0.2) is 0 Å². The van der Waals surface area contributed by atoms with Crippen molar-refractivity contribution in [1.82, 2.24) is 0 Å². The van der Waals surface area contributed by atoms with E-state index in [1.165, 1.54) is 6.92 Å². The predicted octanol–water partition coefficient (Wildman–Crippen LogP) is -0.566. The fourth-order valence-electron chi connectivity index (χ4n) is 0.551. The Labute approximate surface area is 61.1 Å². The van der Waals surface area contributed by atoms with Gasteiger partial charge in [0.05, 0.1) is 11.4 Å². The van der Waals surface area contributed by atoms with Crippen LogP contribution in [0.5, 0.6) is 0 Å². The van der Waals surface area contributed by atoms with Gasteiger partial charge in [-0.3, -0.25) is 0 Å². The van der Waals surface area contributed by atoms with E-state index in [1.807, 2.05) is 0 Å². The second-order valence-corrected chi connectivity index (χ2v) is 4.19. The molecular formula is C5H13NO3S. The lowest BCUT2D eigenvalue weighted by Crippen LogP contribution is -2.35. The Morgan fingerprint density at radius 3 is 2.10 bits per heavy atom. The van der Waals surface area contributed by atoms with Gasteiger partial charge in [-0.15, -0.1) is 0 Å². The van der Waals surface area contributed by atoms with Gasteiger partial charge in [0.25, 0.3) is 0 Å². The van der Waals surface area contributed by atoms with Gasteiger partial charge >= 0.3 is 0 Å². The van der Waals surface area contributed by atoms with Gasteiger partial charge in [0.1, 0.15) is 0 Å². The summed E-state index contributed by atoms with van der Waals surface area (Å²) in [6.07, 6.45) is -0.451. The summed E-state index contributed by atoms with van der Waals surface area (Å²) in [5, 5.41) is 12.9. The van der Waals surface area contributed by atoms with Crippen molar-refractivity contribution in [2.45, 2.75) is 31.6 Å². The molecule has 0 rings (SSSR count). The molecule has 0 aromatic carbocycles. The SMILES string of the molecule is CC[C@@H](O)[C@H](C)S(N)(=O)=O. The molecule has 5 heteroatoms. The highest BCUT2D eigenvalue weighted by molar-refractivity contribution is 7.89. The molecule has 0 aliphatic heterocycles. The molecule has 0 aromatic heterocycles. The van der Waals surface area contributed by atoms with E-state index >= 15 is 0 Å². The van der Waals surface area contributed by atoms with Crippen molar-refractivity contribution in [3.05, 3.63) is 0 Å². The summed E-state index contributed by atoms with van der Waals surface area (Å²) in [4.78, 5) is 0. The first-order chi connectivity index (χ1) is 4.39. The molecule has 4 nitrogen and oxygen atoms in total. The quantitative estimate of drug-likeness (QED) is 0.591. The highest BCUT2D eigenvalue weighted by Gasteiger charge is 2.22. The molecule has 0 fully saturated rings. The van der Waals surface area contributed by atoms with Crippen LogP contribution in [0, 0.1) is 0 Å². The third kappa shape index (κ3) is 2.64. The van der Waals surface area contributed by atoms with Crippen LogP contribution < -0.4 is 5.14 Å². The van der Waals surface area contributed by atoms with Crippen LogP contribution in [-0.4, -0.2) is 24.9 Å². The van der Waals surface area contributed by atoms with E-state index in [9.17, 15) is 8.42 Å². The Kier molecular flexibility index (Phi) is 3.27. The fraction of sp³-hybridized carbons (Fsp3) is 1.00. The smallest absolute Gasteiger partial charge is 0.214 e. The van der Waals surface area contributed by atoms with Crippen molar-refractivity contribution in [2.24, 2.45) is 5.14 Å². The molecule has 0 aliphatic carbocycles. The van der Waals surface area contributed by atoms with Gasteiger partial charge in [-0.25, -0.2) is 13.6 Å². The van der Waals surface area contributed by atoms with Gasteiger partial charge in [-0.1, -0.05) is 6.92 Å². The van der Waals surface area contributed by atoms with E-state index in [0.29, 0.717) is 6.42 Å². The summed E-state index contributed by atoms with van der Waals surface area (Å²) in [5.41, 5.74) is 0. The summed E-state index contributed by atoms with van der Waals surface area (Å²) in [5.74, 6) is 0. The van der Waals surface area contributed by atoms with E-state index in [1.54, 1.807) is 6.92 Å². The molecule has 0 saturated heterocycles. The molecule has 0 amide bonds. The lowest BCUT2D eigenvalue weighted by molar-refractivity contribution is 0.168. The maximum atomic E-state index is 10.5. The molecule has 0 bridgehead atoms. The minimum absolute atomic E-state index is 0.400. The molecule has 0 radical (unpaired) electrons. The van der Waals surface area contributed by atoms with E-state index in [2.05, 4.69) is 0 Å². The maximum Gasteiger partial charge on any atom is 0.214 e. The minimum Gasteiger partial charge on any atom is -0.392 e. The molecule has 0 aromatic rings. The van der Waals surface area contributed by atoms with Crippen LogP contribution in [-0.2, 0) is 10.0 Å². The zero-order valence-electron chi connectivity index (χ0n) is 6.11. The van der Waals surface area contributed by atoms with Gasteiger partial charge in [0, 0.05) is 0 Å². The zero-order chi connectivity index (χ0) is 8.36. The molecule has 2 atom stereocenters. The predicted molar refractivity (Wildman–Crippen MR) is 38.9 cm³/mol. The Balaban J connectivity index is 4.23. The molecule has 3 N–H and O–H groups in total. The highest BCUT2D eigenvalue weighted by Crippen LogP contribution is 2.04. The summed E-state index contributed by atoms with van der Waals surface area (Å²) in [6, 6.07) is 0. The van der Waals surface area contributed by atoms with Gasteiger partial charge in [-0.2, -0.15) is 0 Å². The number of aliphatic hydroxyl groups is 1. The van der Waals surface area contributed by atoms with Crippen molar-refractivity contribution in [2.75, 3.05) is 0 Å². The van der Waals surface area contributed by atoms with Crippen molar-refractivity contribution < 1.29 is 13.5 Å². The number of hydrogen-bond donors (Lipinski definition) is 2. The van der Waals surface area contributed by atoms with E-state index in [4.69, 9.17) is 10.2 Å². The first-order valence-electron chi connectivity index (χ1n) is 3.09. The average Bonchev–Trinajstić information content (AvgIpc) is 1.83. The van der Waals surface area contributed by atoms with Crippen LogP contribution >= 0.6 is 0 Å². The van der Waals surface area contributed by atoms with Crippen LogP contribution in [0.1, 0.15) is 20.3 Å². The topological polar surface area (TPSA) is 80.4 Å². The molecule has 62 valence electrons. The third-order valence-corrected chi connectivity index (χ3v) is 2.83. The lowest BCUT2D eigenvalue weighted by Gasteiger charge is -2.13. The Morgan fingerprint density at radius 2 is 2.00 bits per heavy atom. The van der Waals surface area contributed by atoms with Crippen LogP contribution in [0.2, 0.25) is 0 Å². The van der Waals surface area contributed by atoms with Gasteiger partial charge in [0.15, 0.2) is 0 Å². The van der Waals surface area contributed by atoms with Crippen molar-refractivity contribution in [3.8, 4) is 0 Å². The largest absolute Gasteiger partial charge is 0.392 e. The molecule has 0 saturated carbocycles. The second-order valence-electron chi connectivity index (χ2n) is 2.27. The van der Waals surface area contributed by atoms with Crippen LogP contribution in [0.3, 0.4) is 0 Å². The molecule has 0 spiro atoms. The Morgan fingerprint density at radius 1 is 1.60 bits per heavy atom. The number of hydrogen-bond acceptors (Lipinski definition) is 3. The summed E-state index contributed by atoms with van der Waals surface area (Å²) >= 11 is 0. The van der Waals surface area contributed by atoms with E-state index in [-0.39, 0.29) is 0 Å². The molecule has 0 heterocycles. The summed E-state index contributed by atoms with van der Waals surface area (Å²) in [6.45, 7) is 3.09. The standard InChI is InChI=1S/C5H13NO3S/c1-3-5(7)4(2)10(6,8)9/h4-5,7H,3H2,1-2H3,(H2,6,8,9)/t4-,5+/m0/s1. The normalized spacial score (nSPS) is 18.4. The number of aliphatic hydroxyl groups excluding tert-OH is 1. The van der Waals surface area contributed by atoms with Crippen molar-refractivity contribution in [1.29, 1.82) is 0 Å². The monoisotopic (exact) mass is 167 g/mol. The Hall–Kier alpha value is -0.130. The molecule has 0 unspecified atom stereocenters. The van der Waals surface area contributed by atoms with Crippen molar-refractivity contribution >= 4 is 10.0 Å². The third-order valence-electron chi connectivity index (χ3n) is 1.48. The molecule has 0 aliphatic rings. The maximum absolute atomic E-state index is 10.5. The summed E-state index contributed by atoms with van der Waals surface area (Å²) in [7, 11) is -3.56. The second kappa shape index (κ2) is 3.32. The van der Waals surface area contributed by atoms with Gasteiger partial charge in [-0.05, 0) is 13.3 Å². The van der Waals surface area contributed by atoms with Crippen LogP contribution in [0.4, 0.5) is 0 Å². The number of sulfonamides is 1. The lowest BCUT2D eigenvalue weighted by atomic mass is 10.2. The van der Waals surface area contributed by atoms with Crippen LogP contribution in [0.25, 0.3) is 0 Å². The first-order valence-corrected chi connectivity index (χ1v) is 4.70.